The van der Waals surface area contributed by atoms with Gasteiger partial charge in [0.25, 0.3) is 5.56 Å². The maximum atomic E-state index is 13.2. The van der Waals surface area contributed by atoms with Crippen LogP contribution in [0, 0.1) is 0 Å². The second-order valence-electron chi connectivity index (χ2n) is 7.31. The van der Waals surface area contributed by atoms with E-state index in [2.05, 4.69) is 4.99 Å². The van der Waals surface area contributed by atoms with Gasteiger partial charge in [-0.05, 0) is 55.8 Å². The third-order valence-corrected chi connectivity index (χ3v) is 4.80. The molecule has 0 atom stereocenters. The minimum Gasteiger partial charge on any atom is -0.497 e. The number of hydrogen-bond acceptors (Lipinski definition) is 4. The lowest BCUT2D eigenvalue weighted by atomic mass is 10.0. The van der Waals surface area contributed by atoms with Crippen molar-refractivity contribution in [2.24, 2.45) is 4.99 Å². The van der Waals surface area contributed by atoms with Crippen LogP contribution < -0.4 is 10.3 Å². The Labute approximate surface area is 175 Å². The van der Waals surface area contributed by atoms with Crippen molar-refractivity contribution < 1.29 is 4.74 Å². The molecule has 0 aliphatic rings. The predicted octanol–water partition coefficient (Wildman–Crippen LogP) is 4.89. The van der Waals surface area contributed by atoms with Gasteiger partial charge in [0.05, 0.1) is 23.9 Å². The second-order valence-corrected chi connectivity index (χ2v) is 7.31. The van der Waals surface area contributed by atoms with Crippen LogP contribution in [0.4, 0.5) is 0 Å². The van der Waals surface area contributed by atoms with Crippen LogP contribution in [0.15, 0.2) is 82.6 Å². The van der Waals surface area contributed by atoms with E-state index in [4.69, 9.17) is 9.84 Å². The molecule has 3 aromatic carbocycles. The van der Waals surface area contributed by atoms with Crippen LogP contribution >= 0.6 is 0 Å². The van der Waals surface area contributed by atoms with Gasteiger partial charge in [-0.15, -0.1) is 0 Å². The van der Waals surface area contributed by atoms with E-state index in [-0.39, 0.29) is 11.6 Å². The Hall–Kier alpha value is -3.73. The average molecular weight is 397 g/mol. The highest BCUT2D eigenvalue weighted by Crippen LogP contribution is 2.26. The van der Waals surface area contributed by atoms with Crippen LogP contribution in [0.1, 0.15) is 19.4 Å². The van der Waals surface area contributed by atoms with Gasteiger partial charge in [0.15, 0.2) is 0 Å². The highest BCUT2D eigenvalue weighted by Gasteiger charge is 2.13. The summed E-state index contributed by atoms with van der Waals surface area (Å²) in [5.41, 5.74) is 3.21. The van der Waals surface area contributed by atoms with E-state index in [1.165, 1.54) is 4.68 Å². The molecule has 0 saturated heterocycles. The molecule has 0 radical (unpaired) electrons. The summed E-state index contributed by atoms with van der Waals surface area (Å²) in [6, 6.07) is 23.1. The fourth-order valence-electron chi connectivity index (χ4n) is 3.30. The zero-order chi connectivity index (χ0) is 21.1. The minimum absolute atomic E-state index is 0.156. The van der Waals surface area contributed by atoms with E-state index < -0.39 is 0 Å². The number of hydrogen-bond donors (Lipinski definition) is 0. The van der Waals surface area contributed by atoms with Crippen LogP contribution in [0.25, 0.3) is 27.7 Å². The molecular formula is C25H23N3O2. The Bertz CT molecular complexity index is 1270. The summed E-state index contributed by atoms with van der Waals surface area (Å²) in [5, 5.41) is 6.20. The molecular weight excluding hydrogens is 374 g/mol. The molecule has 0 spiro atoms. The van der Waals surface area contributed by atoms with Gasteiger partial charge in [0.1, 0.15) is 5.75 Å². The zero-order valence-electron chi connectivity index (χ0n) is 17.2. The Balaban J connectivity index is 1.93. The van der Waals surface area contributed by atoms with Gasteiger partial charge in [-0.3, -0.25) is 9.79 Å². The lowest BCUT2D eigenvalue weighted by Crippen LogP contribution is -2.22. The van der Waals surface area contributed by atoms with E-state index in [0.29, 0.717) is 11.1 Å². The lowest BCUT2D eigenvalue weighted by Gasteiger charge is -2.12. The maximum absolute atomic E-state index is 13.2. The summed E-state index contributed by atoms with van der Waals surface area (Å²) >= 11 is 0. The SMILES string of the molecule is COc1ccc(-n2nc(-c3cccc(/C=N\C(C)C)c3)c3ccccc3c2=O)cc1. The Kier molecular flexibility index (Phi) is 5.44. The maximum Gasteiger partial charge on any atom is 0.279 e. The number of fused-ring (bicyclic) bond motifs is 1. The normalized spacial score (nSPS) is 11.5. The minimum atomic E-state index is -0.156. The molecule has 0 bridgehead atoms. The molecule has 0 amide bonds. The van der Waals surface area contributed by atoms with Crippen molar-refractivity contribution in [3.05, 3.63) is 88.7 Å². The first-order chi connectivity index (χ1) is 14.6. The van der Waals surface area contributed by atoms with Crippen LogP contribution in [0.3, 0.4) is 0 Å². The first kappa shape index (κ1) is 19.6. The van der Waals surface area contributed by atoms with Crippen molar-refractivity contribution in [1.82, 2.24) is 9.78 Å². The average Bonchev–Trinajstić information content (AvgIpc) is 2.78. The van der Waals surface area contributed by atoms with Crippen molar-refractivity contribution in [2.75, 3.05) is 7.11 Å². The Morgan fingerprint density at radius 1 is 0.967 bits per heavy atom. The Morgan fingerprint density at radius 2 is 1.70 bits per heavy atom. The van der Waals surface area contributed by atoms with Gasteiger partial charge in [0.2, 0.25) is 0 Å². The van der Waals surface area contributed by atoms with Gasteiger partial charge < -0.3 is 4.74 Å². The summed E-state index contributed by atoms with van der Waals surface area (Å²) < 4.78 is 6.68. The zero-order valence-corrected chi connectivity index (χ0v) is 17.2. The summed E-state index contributed by atoms with van der Waals surface area (Å²) in [7, 11) is 1.61. The molecule has 0 aliphatic heterocycles. The fourth-order valence-corrected chi connectivity index (χ4v) is 3.30. The lowest BCUT2D eigenvalue weighted by molar-refractivity contribution is 0.414. The first-order valence-corrected chi connectivity index (χ1v) is 9.87. The quantitative estimate of drug-likeness (QED) is 0.451. The van der Waals surface area contributed by atoms with Gasteiger partial charge >= 0.3 is 0 Å². The molecule has 0 N–H and O–H groups in total. The molecule has 5 nitrogen and oxygen atoms in total. The highest BCUT2D eigenvalue weighted by molar-refractivity contribution is 5.95. The number of aliphatic imine (C=N–C) groups is 1. The van der Waals surface area contributed by atoms with Crippen LogP contribution in [0.2, 0.25) is 0 Å². The molecule has 4 aromatic rings. The molecule has 1 heterocycles. The highest BCUT2D eigenvalue weighted by atomic mass is 16.5. The van der Waals surface area contributed by atoms with Crippen LogP contribution in [-0.2, 0) is 0 Å². The van der Waals surface area contributed by atoms with Crippen molar-refractivity contribution >= 4 is 17.0 Å². The molecule has 5 heteroatoms. The molecule has 0 fully saturated rings. The van der Waals surface area contributed by atoms with Gasteiger partial charge in [-0.1, -0.05) is 36.4 Å². The fraction of sp³-hybridized carbons (Fsp3) is 0.160. The van der Waals surface area contributed by atoms with Gasteiger partial charge in [0, 0.05) is 23.2 Å². The molecule has 0 saturated carbocycles. The summed E-state index contributed by atoms with van der Waals surface area (Å²) in [4.78, 5) is 17.6. The molecule has 1 aromatic heterocycles. The van der Waals surface area contributed by atoms with Crippen LogP contribution in [0.5, 0.6) is 5.75 Å². The van der Waals surface area contributed by atoms with E-state index >= 15 is 0 Å². The number of methoxy groups -OCH3 is 1. The van der Waals surface area contributed by atoms with E-state index in [9.17, 15) is 4.79 Å². The summed E-state index contributed by atoms with van der Waals surface area (Å²) in [5.74, 6) is 0.727. The summed E-state index contributed by atoms with van der Waals surface area (Å²) in [6.45, 7) is 4.08. The number of rotatable bonds is 5. The van der Waals surface area contributed by atoms with Crippen molar-refractivity contribution in [3.8, 4) is 22.7 Å². The smallest absolute Gasteiger partial charge is 0.279 e. The number of aromatic nitrogens is 2. The van der Waals surface area contributed by atoms with E-state index in [1.807, 2.05) is 92.9 Å². The number of benzene rings is 3. The third kappa shape index (κ3) is 3.87. The molecule has 150 valence electrons. The molecule has 4 rings (SSSR count). The molecule has 30 heavy (non-hydrogen) atoms. The topological polar surface area (TPSA) is 56.5 Å². The van der Waals surface area contributed by atoms with E-state index in [0.717, 1.165) is 28.0 Å². The summed E-state index contributed by atoms with van der Waals surface area (Å²) in [6.07, 6.45) is 1.87. The second kappa shape index (κ2) is 8.33. The van der Waals surface area contributed by atoms with Crippen molar-refractivity contribution in [2.45, 2.75) is 19.9 Å². The van der Waals surface area contributed by atoms with Crippen molar-refractivity contribution in [1.29, 1.82) is 0 Å². The largest absolute Gasteiger partial charge is 0.497 e. The number of nitrogens with zero attached hydrogens (tertiary/aromatic N) is 3. The van der Waals surface area contributed by atoms with Crippen LogP contribution in [-0.4, -0.2) is 29.1 Å². The first-order valence-electron chi connectivity index (χ1n) is 9.87. The number of ether oxygens (including phenoxy) is 1. The van der Waals surface area contributed by atoms with Gasteiger partial charge in [-0.2, -0.15) is 9.78 Å². The standard InChI is InChI=1S/C25H23N3O2/c1-17(2)26-16-18-7-6-8-19(15-18)24-22-9-4-5-10-23(22)25(29)28(27-24)20-11-13-21(30-3)14-12-20/h4-17H,1-3H3/b26-16-. The third-order valence-electron chi connectivity index (χ3n) is 4.80. The van der Waals surface area contributed by atoms with E-state index in [1.54, 1.807) is 7.11 Å². The molecule has 0 aliphatic carbocycles. The monoisotopic (exact) mass is 397 g/mol. The molecule has 0 unspecified atom stereocenters. The Morgan fingerprint density at radius 3 is 2.40 bits per heavy atom. The van der Waals surface area contributed by atoms with Gasteiger partial charge in [-0.25, -0.2) is 0 Å². The van der Waals surface area contributed by atoms with Crippen molar-refractivity contribution in [3.63, 3.8) is 0 Å². The predicted molar refractivity (Wildman–Crippen MR) is 122 cm³/mol.